The quantitative estimate of drug-likeness (QED) is 0.735. The lowest BCUT2D eigenvalue weighted by Crippen LogP contribution is -2.23. The van der Waals surface area contributed by atoms with Crippen molar-refractivity contribution in [2.45, 2.75) is 10.4 Å². The van der Waals surface area contributed by atoms with Crippen LogP contribution in [0.3, 0.4) is 0 Å². The Morgan fingerprint density at radius 1 is 1.14 bits per heavy atom. The Hall–Kier alpha value is -1.24. The topological polar surface area (TPSA) is 54.0 Å². The third kappa shape index (κ3) is 1.82. The summed E-state index contributed by atoms with van der Waals surface area (Å²) >= 11 is 0. The van der Waals surface area contributed by atoms with Crippen molar-refractivity contribution < 1.29 is 26.7 Å². The SMILES string of the molecule is [O]c1cccc(S(=O)(=O)C(F)(F)F)c1. The first-order valence-corrected chi connectivity index (χ1v) is 4.82. The lowest BCUT2D eigenvalue weighted by Gasteiger charge is -2.07. The van der Waals surface area contributed by atoms with E-state index in [-0.39, 0.29) is 0 Å². The van der Waals surface area contributed by atoms with Crippen LogP contribution < -0.4 is 0 Å². The average molecular weight is 225 g/mol. The van der Waals surface area contributed by atoms with Crippen LogP contribution in [0.1, 0.15) is 0 Å². The van der Waals surface area contributed by atoms with Crippen molar-refractivity contribution in [2.24, 2.45) is 0 Å². The van der Waals surface area contributed by atoms with E-state index < -0.39 is 26.0 Å². The third-order valence-corrected chi connectivity index (χ3v) is 2.90. The Bertz CT molecular complexity index is 436. The molecule has 1 aromatic rings. The Morgan fingerprint density at radius 3 is 2.14 bits per heavy atom. The van der Waals surface area contributed by atoms with Gasteiger partial charge in [-0.25, -0.2) is 8.42 Å². The highest BCUT2D eigenvalue weighted by Gasteiger charge is 2.46. The minimum absolute atomic E-state index is 0.433. The van der Waals surface area contributed by atoms with Gasteiger partial charge in [0.25, 0.3) is 9.84 Å². The molecule has 0 N–H and O–H groups in total. The molecule has 0 aliphatic heterocycles. The highest BCUT2D eigenvalue weighted by Crippen LogP contribution is 2.31. The number of rotatable bonds is 1. The van der Waals surface area contributed by atoms with E-state index in [1.807, 2.05) is 0 Å². The van der Waals surface area contributed by atoms with Gasteiger partial charge in [-0.05, 0) is 12.1 Å². The fourth-order valence-corrected chi connectivity index (χ4v) is 1.57. The monoisotopic (exact) mass is 225 g/mol. The number of benzene rings is 1. The normalized spacial score (nSPS) is 12.8. The van der Waals surface area contributed by atoms with E-state index in [1.54, 1.807) is 0 Å². The van der Waals surface area contributed by atoms with Crippen LogP contribution in [-0.4, -0.2) is 13.9 Å². The van der Waals surface area contributed by atoms with Crippen molar-refractivity contribution in [3.63, 3.8) is 0 Å². The maximum Gasteiger partial charge on any atom is 0.501 e. The van der Waals surface area contributed by atoms with Crippen LogP contribution in [0.2, 0.25) is 0 Å². The van der Waals surface area contributed by atoms with Gasteiger partial charge in [-0.1, -0.05) is 6.07 Å². The highest BCUT2D eigenvalue weighted by molar-refractivity contribution is 7.92. The molecule has 0 aliphatic rings. The predicted molar refractivity (Wildman–Crippen MR) is 39.8 cm³/mol. The zero-order valence-corrected chi connectivity index (χ0v) is 7.39. The first kappa shape index (κ1) is 10.8. The zero-order chi connectivity index (χ0) is 11.0. The van der Waals surface area contributed by atoms with E-state index in [2.05, 4.69) is 0 Å². The van der Waals surface area contributed by atoms with E-state index in [4.69, 9.17) is 0 Å². The molecule has 77 valence electrons. The number of sulfone groups is 1. The van der Waals surface area contributed by atoms with Gasteiger partial charge in [-0.2, -0.15) is 13.2 Å². The maximum atomic E-state index is 12.0. The van der Waals surface area contributed by atoms with Gasteiger partial charge in [0, 0.05) is 6.07 Å². The molecule has 0 amide bonds. The van der Waals surface area contributed by atoms with Crippen molar-refractivity contribution in [1.82, 2.24) is 0 Å². The van der Waals surface area contributed by atoms with Crippen LogP contribution in [-0.2, 0) is 14.9 Å². The molecule has 0 unspecified atom stereocenters. The van der Waals surface area contributed by atoms with E-state index in [0.717, 1.165) is 18.2 Å². The minimum Gasteiger partial charge on any atom is -0.290 e. The lowest BCUT2D eigenvalue weighted by molar-refractivity contribution is -0.0436. The zero-order valence-electron chi connectivity index (χ0n) is 6.58. The van der Waals surface area contributed by atoms with Crippen LogP contribution in [0.15, 0.2) is 29.2 Å². The molecular weight excluding hydrogens is 221 g/mol. The summed E-state index contributed by atoms with van der Waals surface area (Å²) in [4.78, 5) is -1.03. The summed E-state index contributed by atoms with van der Waals surface area (Å²) in [6.45, 7) is 0. The third-order valence-electron chi connectivity index (χ3n) is 1.42. The molecule has 0 atom stereocenters. The van der Waals surface area contributed by atoms with Crippen LogP contribution in [0, 0.1) is 0 Å². The molecule has 0 heterocycles. The predicted octanol–water partition coefficient (Wildman–Crippen LogP) is 2.12. The molecule has 0 aliphatic carbocycles. The summed E-state index contributed by atoms with van der Waals surface area (Å²) < 4.78 is 57.4. The first-order chi connectivity index (χ1) is 6.25. The summed E-state index contributed by atoms with van der Waals surface area (Å²) in [6.07, 6.45) is 0. The second-order valence-electron chi connectivity index (χ2n) is 2.42. The Kier molecular flexibility index (Phi) is 2.45. The molecule has 0 saturated heterocycles. The van der Waals surface area contributed by atoms with Gasteiger partial charge in [0.05, 0.1) is 4.90 Å². The minimum atomic E-state index is -5.40. The fourth-order valence-electron chi connectivity index (χ4n) is 0.775. The second-order valence-corrected chi connectivity index (χ2v) is 4.37. The Labute approximate surface area is 77.7 Å². The molecule has 0 aromatic heterocycles. The van der Waals surface area contributed by atoms with E-state index in [9.17, 15) is 26.7 Å². The summed E-state index contributed by atoms with van der Waals surface area (Å²) in [5.74, 6) is -0.782. The van der Waals surface area contributed by atoms with Crippen LogP contribution >= 0.6 is 0 Å². The molecule has 3 nitrogen and oxygen atoms in total. The summed E-state index contributed by atoms with van der Waals surface area (Å²) in [5.41, 5.74) is -5.37. The van der Waals surface area contributed by atoms with Gasteiger partial charge in [-0.3, -0.25) is 5.11 Å². The van der Waals surface area contributed by atoms with Crippen molar-refractivity contribution in [1.29, 1.82) is 0 Å². The van der Waals surface area contributed by atoms with Gasteiger partial charge in [0.2, 0.25) is 0 Å². The summed E-state index contributed by atoms with van der Waals surface area (Å²) in [7, 11) is -5.40. The first-order valence-electron chi connectivity index (χ1n) is 3.33. The fraction of sp³-hybridized carbons (Fsp3) is 0.143. The molecular formula is C7H4F3O3S. The molecule has 0 bridgehead atoms. The standard InChI is InChI=1S/C7H4F3O3S/c8-7(9,10)14(12,13)6-3-1-2-5(11)4-6/h1-4H. The second kappa shape index (κ2) is 3.16. The van der Waals surface area contributed by atoms with Crippen molar-refractivity contribution in [2.75, 3.05) is 0 Å². The van der Waals surface area contributed by atoms with Crippen LogP contribution in [0.4, 0.5) is 13.2 Å². The number of hydrogen-bond acceptors (Lipinski definition) is 2. The number of hydrogen-bond donors (Lipinski definition) is 0. The molecule has 0 fully saturated rings. The molecule has 1 rings (SSSR count). The van der Waals surface area contributed by atoms with Gasteiger partial charge in [0.15, 0.2) is 5.75 Å². The van der Waals surface area contributed by atoms with Crippen LogP contribution in [0.25, 0.3) is 0 Å². The van der Waals surface area contributed by atoms with E-state index in [1.165, 1.54) is 0 Å². The molecule has 0 saturated carbocycles. The number of alkyl halides is 3. The molecule has 0 spiro atoms. The molecule has 1 radical (unpaired) electrons. The lowest BCUT2D eigenvalue weighted by atomic mass is 10.3. The van der Waals surface area contributed by atoms with Crippen molar-refractivity contribution in [3.05, 3.63) is 24.3 Å². The van der Waals surface area contributed by atoms with Crippen molar-refractivity contribution in [3.8, 4) is 5.75 Å². The number of halogens is 3. The summed E-state index contributed by atoms with van der Waals surface area (Å²) in [5, 5.41) is 10.6. The molecule has 14 heavy (non-hydrogen) atoms. The molecule has 7 heteroatoms. The van der Waals surface area contributed by atoms with E-state index in [0.29, 0.717) is 6.07 Å². The van der Waals surface area contributed by atoms with Crippen molar-refractivity contribution >= 4 is 9.84 Å². The summed E-state index contributed by atoms with van der Waals surface area (Å²) in [6, 6.07) is 3.09. The van der Waals surface area contributed by atoms with Crippen LogP contribution in [0.5, 0.6) is 5.75 Å². The Morgan fingerprint density at radius 2 is 1.71 bits per heavy atom. The largest absolute Gasteiger partial charge is 0.501 e. The van der Waals surface area contributed by atoms with Gasteiger partial charge >= 0.3 is 5.51 Å². The van der Waals surface area contributed by atoms with Gasteiger partial charge < -0.3 is 0 Å². The smallest absolute Gasteiger partial charge is 0.290 e. The molecule has 1 aromatic carbocycles. The van der Waals surface area contributed by atoms with E-state index >= 15 is 0 Å². The van der Waals surface area contributed by atoms with Gasteiger partial charge in [0.1, 0.15) is 0 Å². The highest BCUT2D eigenvalue weighted by atomic mass is 32.2. The maximum absolute atomic E-state index is 12.0. The van der Waals surface area contributed by atoms with Gasteiger partial charge in [-0.15, -0.1) is 0 Å². The Balaban J connectivity index is 3.32. The average Bonchev–Trinajstić information content (AvgIpc) is 2.02.